The van der Waals surface area contributed by atoms with Crippen molar-refractivity contribution in [1.82, 2.24) is 9.80 Å². The first-order valence-electron chi connectivity index (χ1n) is 11.9. The van der Waals surface area contributed by atoms with Gasteiger partial charge in [0, 0.05) is 39.3 Å². The minimum absolute atomic E-state index is 0.357. The third kappa shape index (κ3) is 4.87. The molecule has 0 radical (unpaired) electrons. The lowest BCUT2D eigenvalue weighted by molar-refractivity contribution is -0.107. The molecule has 1 aromatic rings. The Balaban J connectivity index is 1.01. The number of ether oxygens (including phenoxy) is 1. The summed E-state index contributed by atoms with van der Waals surface area (Å²) < 4.78 is 6.13. The van der Waals surface area contributed by atoms with Crippen LogP contribution in [-0.2, 0) is 11.3 Å². The van der Waals surface area contributed by atoms with Crippen LogP contribution in [0.1, 0.15) is 44.1 Å². The van der Waals surface area contributed by atoms with Gasteiger partial charge in [-0.3, -0.25) is 9.80 Å². The van der Waals surface area contributed by atoms with E-state index < -0.39 is 0 Å². The zero-order valence-electron chi connectivity index (χ0n) is 17.8. The molecule has 29 heavy (non-hydrogen) atoms. The summed E-state index contributed by atoms with van der Waals surface area (Å²) >= 11 is 0. The molecule has 4 nitrogen and oxygen atoms in total. The molecule has 5 aliphatic rings. The molecular weight excluding hydrogens is 360 g/mol. The summed E-state index contributed by atoms with van der Waals surface area (Å²) in [6, 6.07) is 10.7. The average molecular weight is 399 g/mol. The molecule has 4 saturated carbocycles. The maximum atomic E-state index is 10.5. The molecule has 1 atom stereocenters. The zero-order valence-corrected chi connectivity index (χ0v) is 17.8. The number of hydrogen-bond donors (Lipinski definition) is 1. The molecule has 1 heterocycles. The van der Waals surface area contributed by atoms with Gasteiger partial charge >= 0.3 is 0 Å². The molecule has 1 aliphatic heterocycles. The van der Waals surface area contributed by atoms with Gasteiger partial charge in [-0.05, 0) is 67.3 Å². The highest BCUT2D eigenvalue weighted by Crippen LogP contribution is 2.60. The van der Waals surface area contributed by atoms with Crippen LogP contribution >= 0.6 is 0 Å². The Kier molecular flexibility index (Phi) is 5.97. The highest BCUT2D eigenvalue weighted by atomic mass is 16.5. The molecule has 4 aliphatic carbocycles. The third-order valence-electron chi connectivity index (χ3n) is 8.07. The van der Waals surface area contributed by atoms with E-state index in [1.54, 1.807) is 0 Å². The van der Waals surface area contributed by atoms with E-state index >= 15 is 0 Å². The molecule has 4 bridgehead atoms. The van der Waals surface area contributed by atoms with Crippen LogP contribution in [0.3, 0.4) is 0 Å². The summed E-state index contributed by atoms with van der Waals surface area (Å²) in [5, 5.41) is 10.5. The maximum Gasteiger partial charge on any atom is 0.0900 e. The molecule has 6 rings (SSSR count). The fourth-order valence-corrected chi connectivity index (χ4v) is 7.20. The smallest absolute Gasteiger partial charge is 0.0900 e. The van der Waals surface area contributed by atoms with E-state index in [1.165, 1.54) is 44.1 Å². The van der Waals surface area contributed by atoms with Crippen LogP contribution < -0.4 is 0 Å². The maximum absolute atomic E-state index is 10.5. The van der Waals surface area contributed by atoms with Gasteiger partial charge in [-0.2, -0.15) is 0 Å². The van der Waals surface area contributed by atoms with Gasteiger partial charge in [0.1, 0.15) is 0 Å². The molecule has 0 amide bonds. The Morgan fingerprint density at radius 2 is 1.48 bits per heavy atom. The van der Waals surface area contributed by atoms with Crippen LogP contribution in [-0.4, -0.2) is 66.9 Å². The number of aliphatic hydroxyl groups is 1. The molecule has 1 N–H and O–H groups in total. The number of nitrogens with zero attached hydrogens (tertiary/aromatic N) is 2. The molecule has 5 fully saturated rings. The van der Waals surface area contributed by atoms with Gasteiger partial charge in [0.25, 0.3) is 0 Å². The summed E-state index contributed by atoms with van der Waals surface area (Å²) in [5.41, 5.74) is 1.84. The summed E-state index contributed by atoms with van der Waals surface area (Å²) in [6.45, 7) is 7.42. The summed E-state index contributed by atoms with van der Waals surface area (Å²) in [7, 11) is 0. The van der Waals surface area contributed by atoms with Crippen LogP contribution in [0.5, 0.6) is 0 Å². The van der Waals surface area contributed by atoms with Crippen molar-refractivity contribution in [3.8, 4) is 0 Å². The van der Waals surface area contributed by atoms with Gasteiger partial charge in [0.05, 0.1) is 19.3 Å². The fraction of sp³-hybridized carbons (Fsp3) is 0.760. The Hall–Kier alpha value is -0.940. The second-order valence-corrected chi connectivity index (χ2v) is 10.6. The first-order chi connectivity index (χ1) is 14.2. The van der Waals surface area contributed by atoms with Gasteiger partial charge in [-0.15, -0.1) is 0 Å². The summed E-state index contributed by atoms with van der Waals surface area (Å²) in [6.07, 6.45) is 8.26. The van der Waals surface area contributed by atoms with Crippen molar-refractivity contribution in [1.29, 1.82) is 0 Å². The standard InChI is InChI=1S/C25H38N2O2/c28-24(17-27-8-6-26(7-9-27)16-20-4-2-1-3-5-20)18-29-19-25-13-21-10-22(14-25)12-23(11-21)15-25/h1-5,21-24,28H,6-19H2/t21?,22?,23?,24-,25?/m1/s1. The fourth-order valence-electron chi connectivity index (χ4n) is 7.20. The van der Waals surface area contributed by atoms with Crippen molar-refractivity contribution in [3.05, 3.63) is 35.9 Å². The number of rotatable bonds is 8. The van der Waals surface area contributed by atoms with E-state index in [4.69, 9.17) is 4.74 Å². The molecule has 0 spiro atoms. The third-order valence-corrected chi connectivity index (χ3v) is 8.07. The van der Waals surface area contributed by atoms with Gasteiger partial charge < -0.3 is 9.84 Å². The monoisotopic (exact) mass is 398 g/mol. The Labute approximate surface area is 176 Å². The number of hydrogen-bond acceptors (Lipinski definition) is 4. The van der Waals surface area contributed by atoms with E-state index in [0.29, 0.717) is 12.0 Å². The highest BCUT2D eigenvalue weighted by Gasteiger charge is 2.50. The summed E-state index contributed by atoms with van der Waals surface area (Å²) in [5.74, 6) is 2.92. The van der Waals surface area contributed by atoms with Crippen molar-refractivity contribution in [2.24, 2.45) is 23.2 Å². The summed E-state index contributed by atoms with van der Waals surface area (Å²) in [4.78, 5) is 4.92. The van der Waals surface area contributed by atoms with Gasteiger partial charge in [0.15, 0.2) is 0 Å². The Morgan fingerprint density at radius 3 is 2.10 bits per heavy atom. The second-order valence-electron chi connectivity index (χ2n) is 10.6. The Bertz CT molecular complexity index is 621. The predicted octanol–water partition coefficient (Wildman–Crippen LogP) is 3.40. The molecule has 160 valence electrons. The average Bonchev–Trinajstić information content (AvgIpc) is 2.69. The van der Waals surface area contributed by atoms with Crippen LogP contribution in [0.15, 0.2) is 30.3 Å². The molecule has 0 aromatic heterocycles. The lowest BCUT2D eigenvalue weighted by atomic mass is 9.50. The van der Waals surface area contributed by atoms with Crippen LogP contribution in [0.25, 0.3) is 0 Å². The van der Waals surface area contributed by atoms with E-state index in [2.05, 4.69) is 40.1 Å². The SMILES string of the molecule is O[C@@H](COCC12CC3CC(CC(C3)C1)C2)CN1CCN(Cc2ccccc2)CC1. The first-order valence-corrected chi connectivity index (χ1v) is 11.9. The van der Waals surface area contributed by atoms with Crippen molar-refractivity contribution in [3.63, 3.8) is 0 Å². The topological polar surface area (TPSA) is 35.9 Å². The minimum Gasteiger partial charge on any atom is -0.389 e. The zero-order chi connectivity index (χ0) is 19.7. The quantitative estimate of drug-likeness (QED) is 0.728. The van der Waals surface area contributed by atoms with Gasteiger partial charge in [0.2, 0.25) is 0 Å². The predicted molar refractivity (Wildman–Crippen MR) is 116 cm³/mol. The second kappa shape index (κ2) is 8.66. The van der Waals surface area contributed by atoms with Crippen LogP contribution in [0, 0.1) is 23.2 Å². The molecule has 1 saturated heterocycles. The number of β-amino-alcohol motifs (C(OH)–C–C–N with tert-alkyl or cyclic N) is 1. The number of piperazine rings is 1. The molecule has 1 aromatic carbocycles. The lowest BCUT2D eigenvalue weighted by Gasteiger charge is -2.56. The molecule has 4 heteroatoms. The van der Waals surface area contributed by atoms with Crippen molar-refractivity contribution in [2.45, 2.75) is 51.2 Å². The van der Waals surface area contributed by atoms with E-state index in [9.17, 15) is 5.11 Å². The van der Waals surface area contributed by atoms with Crippen molar-refractivity contribution in [2.75, 3.05) is 45.9 Å². The lowest BCUT2D eigenvalue weighted by Crippen LogP contribution is -2.49. The van der Waals surface area contributed by atoms with Crippen LogP contribution in [0.2, 0.25) is 0 Å². The first kappa shape index (κ1) is 20.0. The minimum atomic E-state index is -0.357. The molecular formula is C25H38N2O2. The van der Waals surface area contributed by atoms with E-state index in [0.717, 1.165) is 63.6 Å². The van der Waals surface area contributed by atoms with E-state index in [1.807, 2.05) is 0 Å². The van der Waals surface area contributed by atoms with E-state index in [-0.39, 0.29) is 6.10 Å². The largest absolute Gasteiger partial charge is 0.389 e. The molecule has 0 unspecified atom stereocenters. The van der Waals surface area contributed by atoms with Crippen molar-refractivity contribution < 1.29 is 9.84 Å². The van der Waals surface area contributed by atoms with Crippen molar-refractivity contribution >= 4 is 0 Å². The van der Waals surface area contributed by atoms with Crippen LogP contribution in [0.4, 0.5) is 0 Å². The number of benzene rings is 1. The van der Waals surface area contributed by atoms with Gasteiger partial charge in [-0.25, -0.2) is 0 Å². The number of aliphatic hydroxyl groups excluding tert-OH is 1. The highest BCUT2D eigenvalue weighted by molar-refractivity contribution is 5.14. The normalized spacial score (nSPS) is 35.8. The van der Waals surface area contributed by atoms with Gasteiger partial charge in [-0.1, -0.05) is 30.3 Å². The Morgan fingerprint density at radius 1 is 0.897 bits per heavy atom.